The van der Waals surface area contributed by atoms with Crippen LogP contribution < -0.4 is 5.32 Å². The third kappa shape index (κ3) is 3.52. The second-order valence-corrected chi connectivity index (χ2v) is 6.17. The van der Waals surface area contributed by atoms with Crippen LogP contribution in [0.5, 0.6) is 0 Å². The number of fused-ring (bicyclic) bond motifs is 1. The lowest BCUT2D eigenvalue weighted by molar-refractivity contribution is -0.121. The summed E-state index contributed by atoms with van der Waals surface area (Å²) in [5.41, 5.74) is 3.91. The number of amides is 1. The van der Waals surface area contributed by atoms with Gasteiger partial charge in [0, 0.05) is 12.8 Å². The van der Waals surface area contributed by atoms with E-state index >= 15 is 0 Å². The molecule has 0 fully saturated rings. The molecule has 0 aliphatic rings. The van der Waals surface area contributed by atoms with Crippen molar-refractivity contribution in [1.29, 1.82) is 0 Å². The monoisotopic (exact) mass is 345 g/mol. The molecule has 1 unspecified atom stereocenters. The molecule has 4 rings (SSSR count). The molecule has 26 heavy (non-hydrogen) atoms. The molecule has 2 aromatic heterocycles. The third-order valence-corrected chi connectivity index (χ3v) is 4.39. The quantitative estimate of drug-likeness (QED) is 0.555. The van der Waals surface area contributed by atoms with Crippen molar-refractivity contribution in [1.82, 2.24) is 15.3 Å². The van der Waals surface area contributed by atoms with Crippen LogP contribution in [0.4, 0.5) is 0 Å². The summed E-state index contributed by atoms with van der Waals surface area (Å²) < 4.78 is 5.31. The van der Waals surface area contributed by atoms with Crippen LogP contribution in [0, 0.1) is 0 Å². The lowest BCUT2D eigenvalue weighted by Gasteiger charge is -2.20. The summed E-state index contributed by atoms with van der Waals surface area (Å²) in [7, 11) is 0. The van der Waals surface area contributed by atoms with E-state index in [1.54, 1.807) is 12.6 Å². The Morgan fingerprint density at radius 3 is 2.77 bits per heavy atom. The van der Waals surface area contributed by atoms with E-state index in [4.69, 9.17) is 4.42 Å². The second-order valence-electron chi connectivity index (χ2n) is 6.17. The van der Waals surface area contributed by atoms with E-state index in [0.717, 1.165) is 27.9 Å². The zero-order valence-electron chi connectivity index (χ0n) is 14.2. The highest BCUT2D eigenvalue weighted by atomic mass is 16.3. The lowest BCUT2D eigenvalue weighted by Crippen LogP contribution is -2.29. The van der Waals surface area contributed by atoms with Crippen molar-refractivity contribution in [2.75, 3.05) is 0 Å². The van der Waals surface area contributed by atoms with Crippen LogP contribution in [0.2, 0.25) is 0 Å². The molecule has 0 spiro atoms. The van der Waals surface area contributed by atoms with Crippen LogP contribution in [-0.2, 0) is 11.2 Å². The Balaban J connectivity index is 1.57. The maximum atomic E-state index is 12.5. The van der Waals surface area contributed by atoms with Crippen molar-refractivity contribution < 1.29 is 9.21 Å². The zero-order chi connectivity index (χ0) is 17.8. The Hall–Kier alpha value is -3.34. The Bertz CT molecular complexity index is 990. The van der Waals surface area contributed by atoms with Crippen LogP contribution >= 0.6 is 0 Å². The van der Waals surface area contributed by atoms with E-state index in [0.29, 0.717) is 12.8 Å². The van der Waals surface area contributed by atoms with Gasteiger partial charge in [0.2, 0.25) is 5.91 Å². The molecule has 1 amide bonds. The van der Waals surface area contributed by atoms with E-state index < -0.39 is 0 Å². The normalized spacial score (nSPS) is 12.2. The maximum absolute atomic E-state index is 12.5. The molecule has 2 heterocycles. The number of H-pyrrole nitrogens is 1. The molecule has 2 aromatic carbocycles. The molecule has 0 aliphatic heterocycles. The van der Waals surface area contributed by atoms with Crippen LogP contribution in [0.1, 0.15) is 29.3 Å². The summed E-state index contributed by atoms with van der Waals surface area (Å²) in [4.78, 5) is 19.9. The molecule has 0 saturated heterocycles. The number of hydrogen-bond donors (Lipinski definition) is 2. The van der Waals surface area contributed by atoms with Gasteiger partial charge in [-0.05, 0) is 35.4 Å². The highest BCUT2D eigenvalue weighted by Crippen LogP contribution is 2.24. The molecule has 0 saturated carbocycles. The fraction of sp³-hybridized carbons (Fsp3) is 0.143. The number of aromatic nitrogens is 2. The largest absolute Gasteiger partial charge is 0.469 e. The molecule has 0 aliphatic carbocycles. The Labute approximate surface area is 151 Å². The average Bonchev–Trinajstić information content (AvgIpc) is 3.36. The van der Waals surface area contributed by atoms with E-state index in [2.05, 4.69) is 15.3 Å². The van der Waals surface area contributed by atoms with Crippen molar-refractivity contribution in [2.24, 2.45) is 0 Å². The number of hydrogen-bond acceptors (Lipinski definition) is 3. The summed E-state index contributed by atoms with van der Waals surface area (Å²) in [5, 5.41) is 3.15. The van der Waals surface area contributed by atoms with Crippen LogP contribution in [0.25, 0.3) is 11.0 Å². The number of nitrogens with one attached hydrogen (secondary N) is 2. The molecule has 4 aromatic rings. The molecular formula is C21H19N3O2. The smallest absolute Gasteiger partial charge is 0.221 e. The van der Waals surface area contributed by atoms with E-state index in [1.807, 2.05) is 60.7 Å². The highest BCUT2D eigenvalue weighted by molar-refractivity contribution is 5.78. The average molecular weight is 345 g/mol. The molecule has 1 atom stereocenters. The number of imidazole rings is 1. The number of aromatic amines is 1. The number of rotatable bonds is 6. The van der Waals surface area contributed by atoms with Gasteiger partial charge in [0.05, 0.1) is 29.7 Å². The summed E-state index contributed by atoms with van der Waals surface area (Å²) >= 11 is 0. The molecule has 0 bridgehead atoms. The Kier molecular flexibility index (Phi) is 4.51. The van der Waals surface area contributed by atoms with Gasteiger partial charge in [-0.3, -0.25) is 4.79 Å². The van der Waals surface area contributed by atoms with Gasteiger partial charge in [-0.15, -0.1) is 0 Å². The number of benzene rings is 2. The van der Waals surface area contributed by atoms with Crippen LogP contribution in [-0.4, -0.2) is 15.9 Å². The van der Waals surface area contributed by atoms with Crippen LogP contribution in [0.15, 0.2) is 77.7 Å². The topological polar surface area (TPSA) is 70.9 Å². The van der Waals surface area contributed by atoms with Crippen molar-refractivity contribution in [3.8, 4) is 0 Å². The second kappa shape index (κ2) is 7.27. The van der Waals surface area contributed by atoms with Gasteiger partial charge in [0.25, 0.3) is 0 Å². The summed E-state index contributed by atoms with van der Waals surface area (Å²) in [5.74, 6) is 0.801. The summed E-state index contributed by atoms with van der Waals surface area (Å²) in [6.45, 7) is 0. The van der Waals surface area contributed by atoms with Gasteiger partial charge < -0.3 is 14.7 Å². The molecule has 130 valence electrons. The Morgan fingerprint density at radius 1 is 1.08 bits per heavy atom. The zero-order valence-corrected chi connectivity index (χ0v) is 14.2. The predicted octanol–water partition coefficient (Wildman–Crippen LogP) is 3.99. The molecular weight excluding hydrogens is 326 g/mol. The van der Waals surface area contributed by atoms with Gasteiger partial charge in [0.15, 0.2) is 0 Å². The van der Waals surface area contributed by atoms with Gasteiger partial charge in [-0.2, -0.15) is 0 Å². The van der Waals surface area contributed by atoms with Crippen LogP contribution in [0.3, 0.4) is 0 Å². The lowest BCUT2D eigenvalue weighted by atomic mass is 9.98. The first-order chi connectivity index (χ1) is 12.8. The van der Waals surface area contributed by atoms with E-state index in [-0.39, 0.29) is 11.9 Å². The van der Waals surface area contributed by atoms with Crippen molar-refractivity contribution >= 4 is 16.9 Å². The van der Waals surface area contributed by atoms with Crippen molar-refractivity contribution in [3.63, 3.8) is 0 Å². The minimum Gasteiger partial charge on any atom is -0.469 e. The predicted molar refractivity (Wildman–Crippen MR) is 99.6 cm³/mol. The minimum absolute atomic E-state index is 0.0139. The highest BCUT2D eigenvalue weighted by Gasteiger charge is 2.17. The Morgan fingerprint density at radius 2 is 1.96 bits per heavy atom. The van der Waals surface area contributed by atoms with E-state index in [1.165, 1.54) is 0 Å². The van der Waals surface area contributed by atoms with Gasteiger partial charge >= 0.3 is 0 Å². The van der Waals surface area contributed by atoms with E-state index in [9.17, 15) is 4.79 Å². The standard InChI is InChI=1S/C21H19N3O2/c25-20(11-9-17-7-4-12-26-17)24-21(15-5-2-1-3-6-15)16-8-10-18-19(13-16)23-14-22-18/h1-8,10,12-14,21H,9,11H2,(H,22,23)(H,24,25). The number of carbonyl (C=O) groups excluding carboxylic acids is 1. The first-order valence-corrected chi connectivity index (χ1v) is 8.59. The number of carbonyl (C=O) groups is 1. The van der Waals surface area contributed by atoms with Gasteiger partial charge in [0.1, 0.15) is 5.76 Å². The third-order valence-electron chi connectivity index (χ3n) is 4.39. The van der Waals surface area contributed by atoms with Crippen molar-refractivity contribution in [2.45, 2.75) is 18.9 Å². The fourth-order valence-electron chi connectivity index (χ4n) is 3.06. The maximum Gasteiger partial charge on any atom is 0.221 e. The molecule has 5 nitrogen and oxygen atoms in total. The number of furan rings is 1. The number of aryl methyl sites for hydroxylation is 1. The summed E-state index contributed by atoms with van der Waals surface area (Å²) in [6, 6.07) is 19.5. The molecule has 5 heteroatoms. The fourth-order valence-corrected chi connectivity index (χ4v) is 3.06. The number of nitrogens with zero attached hydrogens (tertiary/aromatic N) is 1. The first-order valence-electron chi connectivity index (χ1n) is 8.59. The molecule has 2 N–H and O–H groups in total. The molecule has 0 radical (unpaired) electrons. The SMILES string of the molecule is O=C(CCc1ccco1)NC(c1ccccc1)c1ccc2nc[nH]c2c1. The van der Waals surface area contributed by atoms with Gasteiger partial charge in [-0.1, -0.05) is 36.4 Å². The first kappa shape index (κ1) is 16.1. The van der Waals surface area contributed by atoms with Crippen molar-refractivity contribution in [3.05, 3.63) is 90.1 Å². The minimum atomic E-state index is -0.215. The van der Waals surface area contributed by atoms with Gasteiger partial charge in [-0.25, -0.2) is 4.98 Å². The summed E-state index contributed by atoms with van der Waals surface area (Å²) in [6.07, 6.45) is 4.26.